The van der Waals surface area contributed by atoms with E-state index >= 15 is 0 Å². The Morgan fingerprint density at radius 3 is 2.07 bits per heavy atom. The van der Waals surface area contributed by atoms with Crippen LogP contribution in [0.2, 0.25) is 0 Å². The Kier molecular flexibility index (Phi) is 6.76. The first-order chi connectivity index (χ1) is 13.7. The first-order valence-corrected chi connectivity index (χ1v) is 9.00. The van der Waals surface area contributed by atoms with Gasteiger partial charge in [-0.1, -0.05) is 48.5 Å². The van der Waals surface area contributed by atoms with Crippen molar-refractivity contribution in [3.05, 3.63) is 83.9 Å². The van der Waals surface area contributed by atoms with E-state index in [0.717, 1.165) is 5.56 Å². The molecule has 0 aliphatic rings. The fraction of sp³-hybridized carbons (Fsp3) is 0.217. The number of hydrogen-bond acceptors (Lipinski definition) is 5. The molecule has 28 heavy (non-hydrogen) atoms. The van der Waals surface area contributed by atoms with Gasteiger partial charge in [-0.3, -0.25) is 0 Å². The molecule has 0 radical (unpaired) electrons. The molecule has 0 spiro atoms. The van der Waals surface area contributed by atoms with Crippen molar-refractivity contribution in [3.8, 4) is 23.0 Å². The van der Waals surface area contributed by atoms with Crippen LogP contribution >= 0.6 is 0 Å². The minimum atomic E-state index is -0.818. The van der Waals surface area contributed by atoms with Gasteiger partial charge in [0.1, 0.15) is 19.3 Å². The van der Waals surface area contributed by atoms with Crippen LogP contribution in [0, 0.1) is 0 Å². The molecule has 0 aliphatic heterocycles. The topological polar surface area (TPSA) is 57.2 Å². The Bertz CT molecular complexity index is 879. The Labute approximate surface area is 165 Å². The van der Waals surface area contributed by atoms with Crippen molar-refractivity contribution in [3.63, 3.8) is 0 Å². The maximum Gasteiger partial charge on any atom is 0.161 e. The van der Waals surface area contributed by atoms with Gasteiger partial charge in [0, 0.05) is 0 Å². The molecule has 0 aliphatic carbocycles. The summed E-state index contributed by atoms with van der Waals surface area (Å²) in [6.45, 7) is 0.532. The molecule has 3 rings (SSSR count). The molecular weight excluding hydrogens is 356 g/mol. The summed E-state index contributed by atoms with van der Waals surface area (Å²) in [4.78, 5) is 0. The van der Waals surface area contributed by atoms with Crippen molar-refractivity contribution in [2.45, 2.75) is 12.7 Å². The van der Waals surface area contributed by atoms with Crippen LogP contribution in [0.5, 0.6) is 23.0 Å². The van der Waals surface area contributed by atoms with E-state index in [0.29, 0.717) is 35.2 Å². The third-order valence-electron chi connectivity index (χ3n) is 4.28. The van der Waals surface area contributed by atoms with Crippen LogP contribution in [0.3, 0.4) is 0 Å². The lowest BCUT2D eigenvalue weighted by Crippen LogP contribution is -2.10. The van der Waals surface area contributed by atoms with Crippen LogP contribution in [0.25, 0.3) is 0 Å². The average Bonchev–Trinajstić information content (AvgIpc) is 2.76. The van der Waals surface area contributed by atoms with E-state index in [-0.39, 0.29) is 6.61 Å². The summed E-state index contributed by atoms with van der Waals surface area (Å²) in [6.07, 6.45) is -0.818. The molecule has 146 valence electrons. The number of aliphatic hydroxyl groups excluding tert-OH is 1. The first kappa shape index (κ1) is 19.6. The van der Waals surface area contributed by atoms with Crippen LogP contribution in [0.1, 0.15) is 17.2 Å². The minimum Gasteiger partial charge on any atom is -0.493 e. The van der Waals surface area contributed by atoms with E-state index in [4.69, 9.17) is 18.9 Å². The van der Waals surface area contributed by atoms with Gasteiger partial charge in [-0.15, -0.1) is 0 Å². The average molecular weight is 380 g/mol. The minimum absolute atomic E-state index is 0.0910. The van der Waals surface area contributed by atoms with Crippen molar-refractivity contribution < 1.29 is 24.1 Å². The van der Waals surface area contributed by atoms with Crippen molar-refractivity contribution in [1.29, 1.82) is 0 Å². The predicted molar refractivity (Wildman–Crippen MR) is 107 cm³/mol. The van der Waals surface area contributed by atoms with Gasteiger partial charge in [-0.2, -0.15) is 0 Å². The Morgan fingerprint density at radius 2 is 1.36 bits per heavy atom. The molecule has 0 heterocycles. The summed E-state index contributed by atoms with van der Waals surface area (Å²) < 4.78 is 22.2. The zero-order valence-electron chi connectivity index (χ0n) is 16.0. The van der Waals surface area contributed by atoms with Crippen molar-refractivity contribution in [2.24, 2.45) is 0 Å². The Morgan fingerprint density at radius 1 is 0.714 bits per heavy atom. The summed E-state index contributed by atoms with van der Waals surface area (Å²) >= 11 is 0. The van der Waals surface area contributed by atoms with Crippen LogP contribution < -0.4 is 18.9 Å². The summed E-state index contributed by atoms with van der Waals surface area (Å²) in [5.41, 5.74) is 1.75. The second-order valence-electron chi connectivity index (χ2n) is 6.16. The van der Waals surface area contributed by atoms with Crippen LogP contribution in [0.15, 0.2) is 72.8 Å². The molecule has 1 atom stereocenters. The maximum atomic E-state index is 10.5. The lowest BCUT2D eigenvalue weighted by Gasteiger charge is -2.17. The lowest BCUT2D eigenvalue weighted by molar-refractivity contribution is 0.106. The van der Waals surface area contributed by atoms with E-state index in [1.807, 2.05) is 48.5 Å². The number of ether oxygens (including phenoxy) is 4. The molecular formula is C23H24O5. The van der Waals surface area contributed by atoms with E-state index in [1.165, 1.54) is 0 Å². The van der Waals surface area contributed by atoms with Gasteiger partial charge in [-0.25, -0.2) is 0 Å². The highest BCUT2D eigenvalue weighted by molar-refractivity contribution is 5.44. The van der Waals surface area contributed by atoms with Gasteiger partial charge in [0.15, 0.2) is 23.0 Å². The van der Waals surface area contributed by atoms with Gasteiger partial charge >= 0.3 is 0 Å². The zero-order valence-corrected chi connectivity index (χ0v) is 16.0. The van der Waals surface area contributed by atoms with Crippen molar-refractivity contribution >= 4 is 0 Å². The van der Waals surface area contributed by atoms with Crippen molar-refractivity contribution in [1.82, 2.24) is 0 Å². The summed E-state index contributed by atoms with van der Waals surface area (Å²) in [7, 11) is 3.16. The molecule has 0 amide bonds. The highest BCUT2D eigenvalue weighted by Gasteiger charge is 2.14. The van der Waals surface area contributed by atoms with Crippen LogP contribution in [-0.2, 0) is 6.61 Å². The third kappa shape index (κ3) is 4.96. The maximum absolute atomic E-state index is 10.5. The standard InChI is InChI=1S/C23H24O5/c1-25-20-10-6-7-11-21(20)28-16-19(24)18-12-13-22(23(14-18)26-2)27-15-17-8-4-3-5-9-17/h3-14,19,24H,15-16H2,1-2H3/t19-/m0/s1. The highest BCUT2D eigenvalue weighted by Crippen LogP contribution is 2.32. The molecule has 0 bridgehead atoms. The third-order valence-corrected chi connectivity index (χ3v) is 4.28. The fourth-order valence-electron chi connectivity index (χ4n) is 2.75. The number of benzene rings is 3. The second-order valence-corrected chi connectivity index (χ2v) is 6.16. The fourth-order valence-corrected chi connectivity index (χ4v) is 2.75. The van der Waals surface area contributed by atoms with E-state index < -0.39 is 6.10 Å². The molecule has 5 heteroatoms. The first-order valence-electron chi connectivity index (χ1n) is 9.00. The number of hydrogen-bond donors (Lipinski definition) is 1. The Balaban J connectivity index is 1.65. The Hall–Kier alpha value is -3.18. The molecule has 0 saturated carbocycles. The molecule has 5 nitrogen and oxygen atoms in total. The molecule has 3 aromatic carbocycles. The van der Waals surface area contributed by atoms with Gasteiger partial charge in [0.2, 0.25) is 0 Å². The summed E-state index contributed by atoms with van der Waals surface area (Å²) in [6, 6.07) is 22.6. The zero-order chi connectivity index (χ0) is 19.8. The summed E-state index contributed by atoms with van der Waals surface area (Å²) in [5.74, 6) is 2.38. The predicted octanol–water partition coefficient (Wildman–Crippen LogP) is 4.40. The van der Waals surface area contributed by atoms with Gasteiger partial charge < -0.3 is 24.1 Å². The largest absolute Gasteiger partial charge is 0.493 e. The number of methoxy groups -OCH3 is 2. The SMILES string of the molecule is COc1cc([C@@H](O)COc2ccccc2OC)ccc1OCc1ccccc1. The van der Waals surface area contributed by atoms with E-state index in [1.54, 1.807) is 38.5 Å². The van der Waals surface area contributed by atoms with Gasteiger partial charge in [-0.05, 0) is 35.4 Å². The summed E-state index contributed by atoms with van der Waals surface area (Å²) in [5, 5.41) is 10.5. The highest BCUT2D eigenvalue weighted by atomic mass is 16.5. The quantitative estimate of drug-likeness (QED) is 0.596. The van der Waals surface area contributed by atoms with E-state index in [9.17, 15) is 5.11 Å². The van der Waals surface area contributed by atoms with Crippen molar-refractivity contribution in [2.75, 3.05) is 20.8 Å². The number of aliphatic hydroxyl groups is 1. The van der Waals surface area contributed by atoms with E-state index in [2.05, 4.69) is 0 Å². The molecule has 1 N–H and O–H groups in total. The normalized spacial score (nSPS) is 11.5. The second kappa shape index (κ2) is 9.67. The van der Waals surface area contributed by atoms with Gasteiger partial charge in [0.25, 0.3) is 0 Å². The molecule has 0 aromatic heterocycles. The van der Waals surface area contributed by atoms with Crippen LogP contribution in [-0.4, -0.2) is 25.9 Å². The van der Waals surface area contributed by atoms with Crippen LogP contribution in [0.4, 0.5) is 0 Å². The molecule has 0 fully saturated rings. The number of rotatable bonds is 9. The molecule has 3 aromatic rings. The van der Waals surface area contributed by atoms with Gasteiger partial charge in [0.05, 0.1) is 14.2 Å². The molecule has 0 unspecified atom stereocenters. The smallest absolute Gasteiger partial charge is 0.161 e. The lowest BCUT2D eigenvalue weighted by atomic mass is 10.1. The number of para-hydroxylation sites is 2. The monoisotopic (exact) mass is 380 g/mol. The molecule has 0 saturated heterocycles.